The first kappa shape index (κ1) is 12.6. The van der Waals surface area contributed by atoms with Crippen molar-refractivity contribution < 1.29 is 0 Å². The van der Waals surface area contributed by atoms with Crippen LogP contribution in [-0.2, 0) is 0 Å². The van der Waals surface area contributed by atoms with Crippen molar-refractivity contribution >= 4 is 25.4 Å². The fourth-order valence-electron chi connectivity index (χ4n) is 2.56. The Hall–Kier alpha value is 0.611. The Morgan fingerprint density at radius 1 is 0.750 bits per heavy atom. The van der Waals surface area contributed by atoms with Gasteiger partial charge in [0.2, 0.25) is 0 Å². The van der Waals surface area contributed by atoms with Gasteiger partial charge in [0.05, 0.1) is 8.96 Å². The van der Waals surface area contributed by atoms with E-state index in [0.717, 1.165) is 0 Å². The number of hydrogen-bond acceptors (Lipinski definition) is 1. The van der Waals surface area contributed by atoms with Gasteiger partial charge in [-0.2, -0.15) is 0 Å². The van der Waals surface area contributed by atoms with E-state index >= 15 is 0 Å². The van der Waals surface area contributed by atoms with Crippen LogP contribution in [0.5, 0.6) is 0 Å². The fraction of sp³-hybridized carbons (Fsp3) is 1.00. The average Bonchev–Trinajstić information content (AvgIpc) is 1.49. The van der Waals surface area contributed by atoms with Gasteiger partial charge in [0.1, 0.15) is 16.5 Å². The third-order valence-corrected chi connectivity index (χ3v) is 17.7. The Balaban J connectivity index is 4.70. The molecule has 74 valence electrons. The summed E-state index contributed by atoms with van der Waals surface area (Å²) >= 11 is 0. The van der Waals surface area contributed by atoms with Crippen molar-refractivity contribution in [3.05, 3.63) is 0 Å². The summed E-state index contributed by atoms with van der Waals surface area (Å²) in [6, 6.07) is 0. The second-order valence-electron chi connectivity index (χ2n) is 5.81. The Bertz CT molecular complexity index is 129. The quantitative estimate of drug-likeness (QED) is 0.660. The van der Waals surface area contributed by atoms with Crippen molar-refractivity contribution in [3.63, 3.8) is 0 Å². The van der Waals surface area contributed by atoms with Gasteiger partial charge in [-0.15, -0.1) is 0 Å². The molecule has 0 aromatic carbocycles. The zero-order valence-corrected chi connectivity index (χ0v) is 13.2. The van der Waals surface area contributed by atoms with Gasteiger partial charge in [0.25, 0.3) is 0 Å². The van der Waals surface area contributed by atoms with Gasteiger partial charge >= 0.3 is 0 Å². The zero-order valence-electron chi connectivity index (χ0n) is 10.0. The van der Waals surface area contributed by atoms with Crippen molar-refractivity contribution in [2.75, 3.05) is 0 Å². The lowest BCUT2D eigenvalue weighted by Crippen LogP contribution is -2.63. The van der Waals surface area contributed by atoms with Gasteiger partial charge < -0.3 is 3.90 Å². The highest BCUT2D eigenvalue weighted by atomic mass is 28.5. The minimum atomic E-state index is -1.03. The first-order valence-electron chi connectivity index (χ1n) is 4.86. The molecule has 0 aromatic rings. The fourth-order valence-corrected chi connectivity index (χ4v) is 23.0. The van der Waals surface area contributed by atoms with Gasteiger partial charge in [-0.3, -0.25) is 0 Å². The van der Waals surface area contributed by atoms with Crippen molar-refractivity contribution in [1.82, 2.24) is 3.90 Å². The summed E-state index contributed by atoms with van der Waals surface area (Å²) in [4.78, 5) is 0. The molecule has 12 heavy (non-hydrogen) atoms. The van der Waals surface area contributed by atoms with E-state index in [1.807, 2.05) is 0 Å². The van der Waals surface area contributed by atoms with E-state index in [1.165, 1.54) is 0 Å². The number of hydrogen-bond donors (Lipinski definition) is 0. The molecule has 0 rings (SSSR count). The second-order valence-corrected chi connectivity index (χ2v) is 19.6. The van der Waals surface area contributed by atoms with Crippen LogP contribution in [0, 0.1) is 0 Å². The summed E-state index contributed by atoms with van der Waals surface area (Å²) < 4.78 is 2.96. The molecule has 0 saturated heterocycles. The van der Waals surface area contributed by atoms with Crippen LogP contribution in [0.1, 0.15) is 0 Å². The Labute approximate surface area is 82.0 Å². The summed E-state index contributed by atoms with van der Waals surface area (Å²) in [5.74, 6) is 0. The summed E-state index contributed by atoms with van der Waals surface area (Å²) in [7, 11) is -2.64. The molecule has 0 unspecified atom stereocenters. The van der Waals surface area contributed by atoms with Gasteiger partial charge in [0.15, 0.2) is 0 Å². The molecule has 0 aromatic heterocycles. The molecule has 0 aliphatic heterocycles. The van der Waals surface area contributed by atoms with E-state index in [0.29, 0.717) is 0 Å². The predicted molar refractivity (Wildman–Crippen MR) is 67.4 cm³/mol. The Morgan fingerprint density at radius 2 is 1.00 bits per heavy atom. The van der Waals surface area contributed by atoms with E-state index in [1.54, 1.807) is 0 Å². The smallest absolute Gasteiger partial charge is 0.105 e. The van der Waals surface area contributed by atoms with Crippen LogP contribution in [0.15, 0.2) is 0 Å². The van der Waals surface area contributed by atoms with Gasteiger partial charge in [-0.1, -0.05) is 52.4 Å². The van der Waals surface area contributed by atoms with Crippen molar-refractivity contribution in [1.29, 1.82) is 0 Å². The Morgan fingerprint density at radius 3 is 1.00 bits per heavy atom. The number of nitrogens with zero attached hydrogens (tertiary/aromatic N) is 1. The van der Waals surface area contributed by atoms with Crippen LogP contribution < -0.4 is 0 Å². The maximum absolute atomic E-state index is 2.96. The first-order valence-corrected chi connectivity index (χ1v) is 14.6. The molecule has 0 atom stereocenters. The first-order chi connectivity index (χ1) is 5.07. The molecular weight excluding hydrogens is 194 g/mol. The van der Waals surface area contributed by atoms with Gasteiger partial charge in [-0.25, -0.2) is 0 Å². The van der Waals surface area contributed by atoms with Crippen molar-refractivity contribution in [3.8, 4) is 0 Å². The molecule has 0 saturated carbocycles. The van der Waals surface area contributed by atoms with Crippen LogP contribution in [0.2, 0.25) is 52.4 Å². The molecular formula is C8H25NSi3. The molecule has 0 aliphatic rings. The molecule has 0 spiro atoms. The topological polar surface area (TPSA) is 3.24 Å². The average molecular weight is 220 g/mol. The third kappa shape index (κ3) is 3.55. The Kier molecular flexibility index (Phi) is 3.97. The highest BCUT2D eigenvalue weighted by Gasteiger charge is 2.35. The zero-order chi connectivity index (χ0) is 10.2. The molecule has 0 bridgehead atoms. The SMILES string of the molecule is C[SiH](C)N([Si](C)(C)C)[Si](C)(C)C. The standard InChI is InChI=1S/C8H25NSi3/c1-10(2)9(11(3,4)5)12(6,7)8/h10H,1-8H3. The summed E-state index contributed by atoms with van der Waals surface area (Å²) in [6.45, 7) is 19.8. The normalized spacial score (nSPS) is 14.5. The highest BCUT2D eigenvalue weighted by Crippen LogP contribution is 2.20. The maximum Gasteiger partial charge on any atom is 0.105 e. The van der Waals surface area contributed by atoms with Crippen LogP contribution in [0.3, 0.4) is 0 Å². The van der Waals surface area contributed by atoms with Crippen LogP contribution in [-0.4, -0.2) is 29.3 Å². The van der Waals surface area contributed by atoms with Gasteiger partial charge in [-0.05, 0) is 0 Å². The molecule has 4 heteroatoms. The van der Waals surface area contributed by atoms with Crippen LogP contribution in [0.25, 0.3) is 0 Å². The predicted octanol–water partition coefficient (Wildman–Crippen LogP) is 2.94. The molecule has 0 heterocycles. The summed E-state index contributed by atoms with van der Waals surface area (Å²) in [5, 5.41) is 0. The largest absolute Gasteiger partial charge is 0.371 e. The highest BCUT2D eigenvalue weighted by molar-refractivity contribution is 6.98. The third-order valence-electron chi connectivity index (χ3n) is 1.96. The maximum atomic E-state index is 2.96. The van der Waals surface area contributed by atoms with E-state index in [2.05, 4.69) is 56.3 Å². The minimum Gasteiger partial charge on any atom is -0.371 e. The lowest BCUT2D eigenvalue weighted by molar-refractivity contribution is 0.931. The molecule has 1 nitrogen and oxygen atoms in total. The van der Waals surface area contributed by atoms with Crippen molar-refractivity contribution in [2.45, 2.75) is 52.4 Å². The molecule has 0 aliphatic carbocycles. The molecule has 0 radical (unpaired) electrons. The van der Waals surface area contributed by atoms with E-state index in [4.69, 9.17) is 0 Å². The lowest BCUT2D eigenvalue weighted by atomic mass is 11.8. The monoisotopic (exact) mass is 219 g/mol. The summed E-state index contributed by atoms with van der Waals surface area (Å²) in [5.41, 5.74) is 0. The second kappa shape index (κ2) is 3.77. The molecule has 0 fully saturated rings. The molecule has 0 N–H and O–H groups in total. The van der Waals surface area contributed by atoms with Crippen molar-refractivity contribution in [2.24, 2.45) is 0 Å². The summed E-state index contributed by atoms with van der Waals surface area (Å²) in [6.07, 6.45) is 0. The van der Waals surface area contributed by atoms with Crippen LogP contribution >= 0.6 is 0 Å². The molecule has 0 amide bonds. The van der Waals surface area contributed by atoms with Gasteiger partial charge in [0, 0.05) is 0 Å². The van der Waals surface area contributed by atoms with E-state index in [9.17, 15) is 0 Å². The minimum absolute atomic E-state index is 0.579. The van der Waals surface area contributed by atoms with Crippen LogP contribution in [0.4, 0.5) is 0 Å². The van der Waals surface area contributed by atoms with E-state index in [-0.39, 0.29) is 0 Å². The lowest BCUT2D eigenvalue weighted by Gasteiger charge is -2.46. The van der Waals surface area contributed by atoms with E-state index < -0.39 is 25.4 Å². The number of rotatable bonds is 3.